The van der Waals surface area contributed by atoms with Crippen molar-refractivity contribution in [1.29, 1.82) is 0 Å². The summed E-state index contributed by atoms with van der Waals surface area (Å²) in [6.45, 7) is 0. The normalized spacial score (nSPS) is 10.4. The number of rotatable bonds is 6. The molecule has 3 rings (SSSR count). The van der Waals surface area contributed by atoms with Crippen molar-refractivity contribution in [3.05, 3.63) is 74.9 Å². The van der Waals surface area contributed by atoms with Crippen LogP contribution in [0.25, 0.3) is 0 Å². The molecule has 27 heavy (non-hydrogen) atoms. The fourth-order valence-electron chi connectivity index (χ4n) is 2.19. The summed E-state index contributed by atoms with van der Waals surface area (Å²) in [5.74, 6) is -0.150. The lowest BCUT2D eigenvalue weighted by molar-refractivity contribution is -0.113. The highest BCUT2D eigenvalue weighted by Gasteiger charge is 2.09. The van der Waals surface area contributed by atoms with Crippen molar-refractivity contribution in [1.82, 2.24) is 0 Å². The predicted molar refractivity (Wildman–Crippen MR) is 115 cm³/mol. The summed E-state index contributed by atoms with van der Waals surface area (Å²) in [7, 11) is 0. The number of nitrogens with one attached hydrogen (secondary N) is 2. The largest absolute Gasteiger partial charge is 0.324 e. The molecular formula is C19H14Cl2N2O2S2. The second-order valence-corrected chi connectivity index (χ2v) is 8.26. The standard InChI is InChI=1S/C19H14Cl2N2O2S2/c20-12-6-7-15(21)16(9-12)23-18(24)11-27-14-4-1-3-13(10-14)22-19(25)17-5-2-8-26-17/h1-10H,11H2,(H,22,25)(H,23,24). The number of hydrogen-bond donors (Lipinski definition) is 2. The summed E-state index contributed by atoms with van der Waals surface area (Å²) in [5.41, 5.74) is 1.16. The third-order valence-corrected chi connectivity index (χ3v) is 5.84. The van der Waals surface area contributed by atoms with E-state index in [1.165, 1.54) is 23.1 Å². The van der Waals surface area contributed by atoms with Gasteiger partial charge in [-0.2, -0.15) is 0 Å². The number of thiophene rings is 1. The molecular weight excluding hydrogens is 423 g/mol. The first-order chi connectivity index (χ1) is 13.0. The van der Waals surface area contributed by atoms with Crippen molar-refractivity contribution in [3.8, 4) is 0 Å². The number of thioether (sulfide) groups is 1. The molecule has 138 valence electrons. The van der Waals surface area contributed by atoms with Gasteiger partial charge in [0, 0.05) is 15.6 Å². The van der Waals surface area contributed by atoms with E-state index < -0.39 is 0 Å². The summed E-state index contributed by atoms with van der Waals surface area (Å²) in [5, 5.41) is 8.37. The molecule has 0 fully saturated rings. The van der Waals surface area contributed by atoms with E-state index in [0.717, 1.165) is 4.90 Å². The van der Waals surface area contributed by atoms with Gasteiger partial charge in [0.25, 0.3) is 5.91 Å². The topological polar surface area (TPSA) is 58.2 Å². The van der Waals surface area contributed by atoms with E-state index >= 15 is 0 Å². The third-order valence-electron chi connectivity index (χ3n) is 3.41. The summed E-state index contributed by atoms with van der Waals surface area (Å²) in [6, 6.07) is 15.8. The molecule has 0 aliphatic carbocycles. The van der Waals surface area contributed by atoms with Gasteiger partial charge in [0.2, 0.25) is 5.91 Å². The van der Waals surface area contributed by atoms with Crippen molar-refractivity contribution in [3.63, 3.8) is 0 Å². The molecule has 0 bridgehead atoms. The lowest BCUT2D eigenvalue weighted by Crippen LogP contribution is -2.14. The SMILES string of the molecule is O=C(CSc1cccc(NC(=O)c2cccs2)c1)Nc1cc(Cl)ccc1Cl. The Kier molecular flexibility index (Phi) is 6.79. The predicted octanol–water partition coefficient (Wildman–Crippen LogP) is 6.04. The fourth-order valence-corrected chi connectivity index (χ4v) is 3.90. The minimum atomic E-state index is -0.197. The van der Waals surface area contributed by atoms with Crippen molar-refractivity contribution in [2.24, 2.45) is 0 Å². The van der Waals surface area contributed by atoms with Gasteiger partial charge in [0.15, 0.2) is 0 Å². The average Bonchev–Trinajstić information content (AvgIpc) is 3.18. The van der Waals surface area contributed by atoms with Gasteiger partial charge in [-0.3, -0.25) is 9.59 Å². The van der Waals surface area contributed by atoms with E-state index in [1.54, 1.807) is 30.3 Å². The molecule has 1 heterocycles. The van der Waals surface area contributed by atoms with E-state index in [9.17, 15) is 9.59 Å². The number of carbonyl (C=O) groups excluding carboxylic acids is 2. The van der Waals surface area contributed by atoms with Crippen LogP contribution in [0.15, 0.2) is 64.9 Å². The molecule has 0 unspecified atom stereocenters. The molecule has 1 aromatic heterocycles. The number of carbonyl (C=O) groups is 2. The second kappa shape index (κ2) is 9.28. The van der Waals surface area contributed by atoms with Gasteiger partial charge in [-0.25, -0.2) is 0 Å². The van der Waals surface area contributed by atoms with Crippen LogP contribution in [-0.4, -0.2) is 17.6 Å². The van der Waals surface area contributed by atoms with Crippen molar-refractivity contribution in [2.45, 2.75) is 4.90 Å². The highest BCUT2D eigenvalue weighted by molar-refractivity contribution is 8.00. The molecule has 0 aliphatic heterocycles. The van der Waals surface area contributed by atoms with Crippen LogP contribution in [0.2, 0.25) is 10.0 Å². The zero-order chi connectivity index (χ0) is 19.2. The summed E-state index contributed by atoms with van der Waals surface area (Å²) >= 11 is 14.7. The highest BCUT2D eigenvalue weighted by Crippen LogP contribution is 2.27. The first-order valence-electron chi connectivity index (χ1n) is 7.84. The van der Waals surface area contributed by atoms with Gasteiger partial charge in [0.05, 0.1) is 21.3 Å². The molecule has 4 nitrogen and oxygen atoms in total. The van der Waals surface area contributed by atoms with E-state index in [-0.39, 0.29) is 17.6 Å². The quantitative estimate of drug-likeness (QED) is 0.463. The molecule has 0 saturated heterocycles. The molecule has 3 aromatic rings. The molecule has 0 radical (unpaired) electrons. The van der Waals surface area contributed by atoms with Crippen molar-refractivity contribution < 1.29 is 9.59 Å². The Hall–Kier alpha value is -1.99. The number of hydrogen-bond acceptors (Lipinski definition) is 4. The molecule has 0 spiro atoms. The van der Waals surface area contributed by atoms with Crippen LogP contribution < -0.4 is 10.6 Å². The van der Waals surface area contributed by atoms with Crippen LogP contribution in [0.1, 0.15) is 9.67 Å². The van der Waals surface area contributed by atoms with E-state index in [1.807, 2.05) is 29.6 Å². The highest BCUT2D eigenvalue weighted by atomic mass is 35.5. The van der Waals surface area contributed by atoms with Gasteiger partial charge in [-0.1, -0.05) is 35.3 Å². The zero-order valence-electron chi connectivity index (χ0n) is 13.9. The van der Waals surface area contributed by atoms with Crippen LogP contribution in [-0.2, 0) is 4.79 Å². The van der Waals surface area contributed by atoms with Crippen LogP contribution in [0.3, 0.4) is 0 Å². The number of amides is 2. The van der Waals surface area contributed by atoms with E-state index in [0.29, 0.717) is 26.3 Å². The smallest absolute Gasteiger partial charge is 0.265 e. The molecule has 2 N–H and O–H groups in total. The van der Waals surface area contributed by atoms with Gasteiger partial charge < -0.3 is 10.6 Å². The van der Waals surface area contributed by atoms with Crippen molar-refractivity contribution >= 4 is 69.5 Å². The Morgan fingerprint density at radius 1 is 1.00 bits per heavy atom. The maximum absolute atomic E-state index is 12.2. The molecule has 0 aliphatic rings. The maximum Gasteiger partial charge on any atom is 0.265 e. The zero-order valence-corrected chi connectivity index (χ0v) is 17.0. The monoisotopic (exact) mass is 436 g/mol. The van der Waals surface area contributed by atoms with E-state index in [2.05, 4.69) is 10.6 Å². The van der Waals surface area contributed by atoms with Crippen LogP contribution in [0.4, 0.5) is 11.4 Å². The lowest BCUT2D eigenvalue weighted by Gasteiger charge is -2.09. The minimum Gasteiger partial charge on any atom is -0.324 e. The van der Waals surface area contributed by atoms with Gasteiger partial charge in [-0.15, -0.1) is 23.1 Å². The fraction of sp³-hybridized carbons (Fsp3) is 0.0526. The van der Waals surface area contributed by atoms with Crippen LogP contribution in [0, 0.1) is 0 Å². The van der Waals surface area contributed by atoms with Crippen molar-refractivity contribution in [2.75, 3.05) is 16.4 Å². The Labute approximate surface area is 174 Å². The number of halogens is 2. The lowest BCUT2D eigenvalue weighted by atomic mass is 10.3. The third kappa shape index (κ3) is 5.74. The molecule has 0 saturated carbocycles. The summed E-state index contributed by atoms with van der Waals surface area (Å²) < 4.78 is 0. The number of anilines is 2. The van der Waals surface area contributed by atoms with Crippen LogP contribution >= 0.6 is 46.3 Å². The molecule has 8 heteroatoms. The summed E-state index contributed by atoms with van der Waals surface area (Å²) in [4.78, 5) is 25.8. The first kappa shape index (κ1) is 19.8. The Bertz CT molecular complexity index is 962. The first-order valence-corrected chi connectivity index (χ1v) is 10.5. The van der Waals surface area contributed by atoms with Crippen LogP contribution in [0.5, 0.6) is 0 Å². The average molecular weight is 437 g/mol. The molecule has 2 aromatic carbocycles. The second-order valence-electron chi connectivity index (χ2n) is 5.42. The Morgan fingerprint density at radius 3 is 2.63 bits per heavy atom. The molecule has 2 amide bonds. The number of benzene rings is 2. The van der Waals surface area contributed by atoms with Gasteiger partial charge >= 0.3 is 0 Å². The maximum atomic E-state index is 12.2. The minimum absolute atomic E-state index is 0.152. The Morgan fingerprint density at radius 2 is 1.85 bits per heavy atom. The van der Waals surface area contributed by atoms with Gasteiger partial charge in [-0.05, 0) is 47.8 Å². The molecule has 0 atom stereocenters. The Balaban J connectivity index is 1.57. The summed E-state index contributed by atoms with van der Waals surface area (Å²) in [6.07, 6.45) is 0. The van der Waals surface area contributed by atoms with Gasteiger partial charge in [0.1, 0.15) is 0 Å². The van der Waals surface area contributed by atoms with E-state index in [4.69, 9.17) is 23.2 Å².